The van der Waals surface area contributed by atoms with E-state index in [9.17, 15) is 22.8 Å². The number of alkyl halides is 3. The molecule has 32 heavy (non-hydrogen) atoms. The molecule has 0 radical (unpaired) electrons. The van der Waals surface area contributed by atoms with Crippen LogP contribution in [0.2, 0.25) is 0 Å². The van der Waals surface area contributed by atoms with Crippen LogP contribution in [0.1, 0.15) is 45.9 Å². The lowest BCUT2D eigenvalue weighted by atomic mass is 10.1. The number of rotatable bonds is 5. The van der Waals surface area contributed by atoms with Crippen LogP contribution in [0.25, 0.3) is 10.2 Å². The molecule has 1 aliphatic heterocycles. The number of carbonyl (C=O) groups excluding carboxylic acids is 1. The summed E-state index contributed by atoms with van der Waals surface area (Å²) in [5.41, 5.74) is 1.31. The highest BCUT2D eigenvalue weighted by Gasteiger charge is 2.31. The Kier molecular flexibility index (Phi) is 6.23. The van der Waals surface area contributed by atoms with Crippen molar-refractivity contribution < 1.29 is 22.7 Å². The van der Waals surface area contributed by atoms with Gasteiger partial charge in [-0.3, -0.25) is 14.2 Å². The van der Waals surface area contributed by atoms with E-state index in [0.29, 0.717) is 40.2 Å². The highest BCUT2D eigenvalue weighted by Crippen LogP contribution is 2.28. The molecule has 0 spiro atoms. The Balaban J connectivity index is 1.44. The zero-order valence-electron chi connectivity index (χ0n) is 17.4. The Morgan fingerprint density at radius 3 is 2.69 bits per heavy atom. The molecule has 0 fully saturated rings. The molecule has 1 aromatic carbocycles. The third kappa shape index (κ3) is 4.79. The average Bonchev–Trinajstić information content (AvgIpc) is 2.90. The molecule has 1 amide bonds. The van der Waals surface area contributed by atoms with Crippen LogP contribution in [0.15, 0.2) is 29.1 Å². The number of halogens is 3. The Labute approximate surface area is 186 Å². The van der Waals surface area contributed by atoms with E-state index in [-0.39, 0.29) is 17.2 Å². The number of carbonyl (C=O) groups is 1. The van der Waals surface area contributed by atoms with Crippen LogP contribution >= 0.6 is 11.3 Å². The summed E-state index contributed by atoms with van der Waals surface area (Å²) in [5.74, 6) is 0.205. The topological polar surface area (TPSA) is 73.2 Å². The minimum absolute atomic E-state index is 0.0825. The first-order chi connectivity index (χ1) is 15.2. The lowest BCUT2D eigenvalue weighted by Crippen LogP contribution is -2.26. The molecule has 4 rings (SSSR count). The van der Waals surface area contributed by atoms with Crippen LogP contribution in [-0.2, 0) is 19.4 Å². The molecule has 0 saturated heterocycles. The molecule has 3 heterocycles. The van der Waals surface area contributed by atoms with Crippen molar-refractivity contribution in [3.8, 4) is 5.75 Å². The fourth-order valence-corrected chi connectivity index (χ4v) is 4.99. The van der Waals surface area contributed by atoms with E-state index in [1.165, 1.54) is 35.6 Å². The predicted octanol–water partition coefficient (Wildman–Crippen LogP) is 4.36. The van der Waals surface area contributed by atoms with Gasteiger partial charge in [0.05, 0.1) is 10.3 Å². The number of amides is 1. The molecule has 10 heteroatoms. The number of hydrogen-bond donors (Lipinski definition) is 1. The van der Waals surface area contributed by atoms with Gasteiger partial charge in [0.15, 0.2) is 0 Å². The minimum atomic E-state index is -4.73. The maximum Gasteiger partial charge on any atom is 0.573 e. The van der Waals surface area contributed by atoms with Crippen LogP contribution in [0.4, 0.5) is 13.2 Å². The van der Waals surface area contributed by atoms with Crippen molar-refractivity contribution in [1.82, 2.24) is 14.9 Å². The van der Waals surface area contributed by atoms with Crippen molar-refractivity contribution >= 4 is 27.5 Å². The fraction of sp³-hybridized carbons (Fsp3) is 0.409. The highest BCUT2D eigenvalue weighted by molar-refractivity contribution is 7.20. The van der Waals surface area contributed by atoms with Gasteiger partial charge in [-0.25, -0.2) is 4.98 Å². The van der Waals surface area contributed by atoms with Crippen LogP contribution in [-0.4, -0.2) is 28.4 Å². The lowest BCUT2D eigenvalue weighted by molar-refractivity contribution is -0.274. The predicted molar refractivity (Wildman–Crippen MR) is 115 cm³/mol. The molecule has 2 aromatic heterocycles. The maximum absolute atomic E-state index is 13.0. The van der Waals surface area contributed by atoms with Gasteiger partial charge in [0, 0.05) is 19.5 Å². The molecule has 0 aliphatic carbocycles. The number of ether oxygens (including phenoxy) is 1. The first-order valence-electron chi connectivity index (χ1n) is 10.4. The number of aryl methyl sites for hydroxylation is 2. The lowest BCUT2D eigenvalue weighted by Gasteiger charge is -2.09. The van der Waals surface area contributed by atoms with Crippen molar-refractivity contribution in [2.45, 2.75) is 51.9 Å². The van der Waals surface area contributed by atoms with Crippen molar-refractivity contribution in [1.29, 1.82) is 0 Å². The second-order valence-electron chi connectivity index (χ2n) is 7.73. The molecule has 0 atom stereocenters. The van der Waals surface area contributed by atoms with Gasteiger partial charge in [-0.1, -0.05) is 18.6 Å². The average molecular weight is 465 g/mol. The van der Waals surface area contributed by atoms with Gasteiger partial charge in [0.2, 0.25) is 0 Å². The first kappa shape index (κ1) is 22.3. The third-order valence-corrected chi connectivity index (χ3v) is 6.66. The number of nitrogens with zero attached hydrogens (tertiary/aromatic N) is 2. The highest BCUT2D eigenvalue weighted by atomic mass is 32.1. The SMILES string of the molecule is Cc1c(C(=O)NCCc2ccc(OC(F)(F)F)cc2)sc2nc3n(c(=O)c12)CCCCC3. The standard InChI is InChI=1S/C22H22F3N3O3S/c1-13-17-20(27-16-5-3-2-4-12-28(16)21(17)30)32-18(13)19(29)26-11-10-14-6-8-15(9-7-14)31-22(23,24)25/h6-9H,2-5,10-12H2,1H3,(H,26,29). The number of thiophene rings is 1. The first-order valence-corrected chi connectivity index (χ1v) is 11.2. The Bertz CT molecular complexity index is 1200. The molecule has 0 saturated carbocycles. The summed E-state index contributed by atoms with van der Waals surface area (Å²) in [5, 5.41) is 3.33. The van der Waals surface area contributed by atoms with E-state index < -0.39 is 6.36 Å². The summed E-state index contributed by atoms with van der Waals surface area (Å²) in [6, 6.07) is 5.53. The van der Waals surface area contributed by atoms with Gasteiger partial charge in [-0.05, 0) is 49.4 Å². The van der Waals surface area contributed by atoms with Crippen LogP contribution in [0.3, 0.4) is 0 Å². The Morgan fingerprint density at radius 2 is 1.97 bits per heavy atom. The molecule has 3 aromatic rings. The van der Waals surface area contributed by atoms with E-state index in [4.69, 9.17) is 0 Å². The van der Waals surface area contributed by atoms with Crippen LogP contribution in [0.5, 0.6) is 5.75 Å². The van der Waals surface area contributed by atoms with E-state index in [1.54, 1.807) is 11.5 Å². The number of benzene rings is 1. The summed E-state index contributed by atoms with van der Waals surface area (Å²) in [6.45, 7) is 2.72. The van der Waals surface area contributed by atoms with Crippen molar-refractivity contribution in [3.05, 3.63) is 56.4 Å². The smallest absolute Gasteiger partial charge is 0.406 e. The summed E-state index contributed by atoms with van der Waals surface area (Å²) < 4.78 is 42.3. The number of fused-ring (bicyclic) bond motifs is 2. The molecular weight excluding hydrogens is 443 g/mol. The van der Waals surface area contributed by atoms with Crippen molar-refractivity contribution in [2.75, 3.05) is 6.54 Å². The van der Waals surface area contributed by atoms with Gasteiger partial charge in [-0.15, -0.1) is 24.5 Å². The van der Waals surface area contributed by atoms with Gasteiger partial charge in [-0.2, -0.15) is 0 Å². The summed E-state index contributed by atoms with van der Waals surface area (Å²) in [7, 11) is 0. The zero-order chi connectivity index (χ0) is 22.9. The van der Waals surface area contributed by atoms with Gasteiger partial charge in [0.1, 0.15) is 16.4 Å². The number of aromatic nitrogens is 2. The number of hydrogen-bond acceptors (Lipinski definition) is 5. The third-order valence-electron chi connectivity index (χ3n) is 5.47. The monoisotopic (exact) mass is 465 g/mol. The van der Waals surface area contributed by atoms with Crippen LogP contribution in [0, 0.1) is 6.92 Å². The second-order valence-corrected chi connectivity index (χ2v) is 8.73. The molecule has 1 N–H and O–H groups in total. The normalized spacial score (nSPS) is 14.1. The summed E-state index contributed by atoms with van der Waals surface area (Å²) in [4.78, 5) is 31.5. The fourth-order valence-electron chi connectivity index (χ4n) is 3.88. The molecule has 0 bridgehead atoms. The Hall–Kier alpha value is -2.88. The molecule has 1 aliphatic rings. The van der Waals surface area contributed by atoms with E-state index >= 15 is 0 Å². The molecule has 170 valence electrons. The van der Waals surface area contributed by atoms with E-state index in [0.717, 1.165) is 37.1 Å². The van der Waals surface area contributed by atoms with E-state index in [2.05, 4.69) is 15.0 Å². The summed E-state index contributed by atoms with van der Waals surface area (Å²) in [6.07, 6.45) is -0.513. The van der Waals surface area contributed by atoms with Gasteiger partial charge in [0.25, 0.3) is 11.5 Å². The number of nitrogens with one attached hydrogen (secondary N) is 1. The van der Waals surface area contributed by atoms with E-state index in [1.807, 2.05) is 0 Å². The summed E-state index contributed by atoms with van der Waals surface area (Å²) >= 11 is 1.22. The molecular formula is C22H22F3N3O3S. The molecule has 6 nitrogen and oxygen atoms in total. The quantitative estimate of drug-likeness (QED) is 0.608. The second kappa shape index (κ2) is 8.93. The van der Waals surface area contributed by atoms with Gasteiger partial charge < -0.3 is 10.1 Å². The maximum atomic E-state index is 13.0. The Morgan fingerprint density at radius 1 is 1.22 bits per heavy atom. The van der Waals surface area contributed by atoms with Crippen molar-refractivity contribution in [3.63, 3.8) is 0 Å². The van der Waals surface area contributed by atoms with Crippen LogP contribution < -0.4 is 15.6 Å². The minimum Gasteiger partial charge on any atom is -0.406 e. The molecule has 0 unspecified atom stereocenters. The zero-order valence-corrected chi connectivity index (χ0v) is 18.2. The van der Waals surface area contributed by atoms with Crippen molar-refractivity contribution in [2.24, 2.45) is 0 Å². The largest absolute Gasteiger partial charge is 0.573 e. The van der Waals surface area contributed by atoms with Gasteiger partial charge >= 0.3 is 6.36 Å².